The van der Waals surface area contributed by atoms with Gasteiger partial charge in [-0.25, -0.2) is 4.79 Å². The number of aliphatic hydroxyl groups excluding tert-OH is 1. The standard InChI is InChI=1S/C21H36O5/c1-6-7-8-9-19(23)25-14-21(13-22)12-17(20(24)26-21)10-11-18(15(2)3)16(4)5/h10,15-16,18,22H,6-9,11-14H2,1-5H3/b17-10-. The lowest BCUT2D eigenvalue weighted by molar-refractivity contribution is -0.166. The summed E-state index contributed by atoms with van der Waals surface area (Å²) in [5, 5.41) is 9.74. The fourth-order valence-corrected chi connectivity index (χ4v) is 3.48. The third-order valence-electron chi connectivity index (χ3n) is 5.20. The number of hydrogen-bond acceptors (Lipinski definition) is 5. The molecule has 0 spiro atoms. The van der Waals surface area contributed by atoms with Crippen LogP contribution < -0.4 is 0 Å². The molecule has 150 valence electrons. The van der Waals surface area contributed by atoms with Gasteiger partial charge in [-0.3, -0.25) is 4.79 Å². The van der Waals surface area contributed by atoms with Gasteiger partial charge in [0.1, 0.15) is 6.61 Å². The number of cyclic esters (lactones) is 1. The van der Waals surface area contributed by atoms with Crippen molar-refractivity contribution in [3.63, 3.8) is 0 Å². The lowest BCUT2D eigenvalue weighted by Gasteiger charge is -2.24. The molecule has 1 aliphatic rings. The van der Waals surface area contributed by atoms with Gasteiger partial charge in [-0.15, -0.1) is 0 Å². The summed E-state index contributed by atoms with van der Waals surface area (Å²) < 4.78 is 10.7. The summed E-state index contributed by atoms with van der Waals surface area (Å²) in [4.78, 5) is 24.0. The molecule has 1 fully saturated rings. The van der Waals surface area contributed by atoms with E-state index in [0.717, 1.165) is 25.7 Å². The molecule has 1 saturated heterocycles. The Bertz CT molecular complexity index is 487. The van der Waals surface area contributed by atoms with Crippen molar-refractivity contribution in [2.75, 3.05) is 13.2 Å². The highest BCUT2D eigenvalue weighted by Gasteiger charge is 2.44. The molecular weight excluding hydrogens is 332 g/mol. The van der Waals surface area contributed by atoms with Gasteiger partial charge in [-0.1, -0.05) is 53.5 Å². The van der Waals surface area contributed by atoms with Gasteiger partial charge < -0.3 is 14.6 Å². The van der Waals surface area contributed by atoms with E-state index in [2.05, 4.69) is 34.6 Å². The van der Waals surface area contributed by atoms with Gasteiger partial charge in [0.2, 0.25) is 0 Å². The van der Waals surface area contributed by atoms with Gasteiger partial charge in [0.15, 0.2) is 5.60 Å². The molecule has 1 rings (SSSR count). The summed E-state index contributed by atoms with van der Waals surface area (Å²) >= 11 is 0. The molecule has 1 aliphatic heterocycles. The van der Waals surface area contributed by atoms with E-state index in [1.54, 1.807) is 0 Å². The van der Waals surface area contributed by atoms with E-state index in [4.69, 9.17) is 9.47 Å². The first-order valence-electron chi connectivity index (χ1n) is 9.93. The molecule has 5 heteroatoms. The first-order valence-corrected chi connectivity index (χ1v) is 9.93. The van der Waals surface area contributed by atoms with Crippen LogP contribution in [-0.4, -0.2) is 35.9 Å². The van der Waals surface area contributed by atoms with Gasteiger partial charge in [0.25, 0.3) is 0 Å². The Balaban J connectivity index is 2.66. The van der Waals surface area contributed by atoms with Crippen molar-refractivity contribution in [1.82, 2.24) is 0 Å². The number of unbranched alkanes of at least 4 members (excludes halogenated alkanes) is 2. The average Bonchev–Trinajstić information content (AvgIpc) is 2.89. The molecule has 1 unspecified atom stereocenters. The van der Waals surface area contributed by atoms with Gasteiger partial charge in [0, 0.05) is 18.4 Å². The Hall–Kier alpha value is -1.36. The molecule has 0 radical (unpaired) electrons. The number of aliphatic hydroxyl groups is 1. The van der Waals surface area contributed by atoms with Crippen molar-refractivity contribution in [3.05, 3.63) is 11.6 Å². The van der Waals surface area contributed by atoms with E-state index in [9.17, 15) is 14.7 Å². The number of esters is 2. The Kier molecular flexibility index (Phi) is 9.34. The second-order valence-electron chi connectivity index (χ2n) is 8.14. The number of carbonyl (C=O) groups excluding carboxylic acids is 2. The van der Waals surface area contributed by atoms with Crippen LogP contribution in [0.1, 0.15) is 73.1 Å². The normalized spacial score (nSPS) is 21.9. The Morgan fingerprint density at radius 3 is 2.46 bits per heavy atom. The van der Waals surface area contributed by atoms with Gasteiger partial charge in [-0.05, 0) is 30.6 Å². The first-order chi connectivity index (χ1) is 12.2. The van der Waals surface area contributed by atoms with E-state index in [-0.39, 0.29) is 25.6 Å². The molecule has 0 aromatic carbocycles. The van der Waals surface area contributed by atoms with E-state index in [0.29, 0.717) is 29.7 Å². The third-order valence-corrected chi connectivity index (χ3v) is 5.20. The van der Waals surface area contributed by atoms with Crippen LogP contribution in [0.4, 0.5) is 0 Å². The van der Waals surface area contributed by atoms with Crippen molar-refractivity contribution in [2.24, 2.45) is 17.8 Å². The largest absolute Gasteiger partial charge is 0.461 e. The number of ether oxygens (including phenoxy) is 2. The smallest absolute Gasteiger partial charge is 0.334 e. The van der Waals surface area contributed by atoms with Crippen LogP contribution in [0.2, 0.25) is 0 Å². The van der Waals surface area contributed by atoms with Crippen molar-refractivity contribution in [3.8, 4) is 0 Å². The maximum absolute atomic E-state index is 12.2. The van der Waals surface area contributed by atoms with Crippen LogP contribution >= 0.6 is 0 Å². The molecule has 1 atom stereocenters. The van der Waals surface area contributed by atoms with Crippen molar-refractivity contribution >= 4 is 11.9 Å². The molecule has 0 amide bonds. The Labute approximate surface area is 158 Å². The Morgan fingerprint density at radius 1 is 1.27 bits per heavy atom. The second-order valence-corrected chi connectivity index (χ2v) is 8.14. The fraction of sp³-hybridized carbons (Fsp3) is 0.810. The molecule has 0 aromatic rings. The molecule has 1 N–H and O–H groups in total. The van der Waals surface area contributed by atoms with Gasteiger partial charge >= 0.3 is 11.9 Å². The molecule has 0 saturated carbocycles. The zero-order chi connectivity index (χ0) is 19.7. The highest BCUT2D eigenvalue weighted by molar-refractivity contribution is 5.91. The van der Waals surface area contributed by atoms with E-state index >= 15 is 0 Å². The molecule has 0 aromatic heterocycles. The summed E-state index contributed by atoms with van der Waals surface area (Å²) in [6.07, 6.45) is 6.19. The molecule has 5 nitrogen and oxygen atoms in total. The third kappa shape index (κ3) is 6.75. The Morgan fingerprint density at radius 2 is 1.92 bits per heavy atom. The number of rotatable bonds is 11. The molecular formula is C21H36O5. The van der Waals surface area contributed by atoms with Crippen molar-refractivity contribution in [2.45, 2.75) is 78.7 Å². The van der Waals surface area contributed by atoms with Crippen molar-refractivity contribution < 1.29 is 24.2 Å². The minimum atomic E-state index is -1.13. The first kappa shape index (κ1) is 22.7. The predicted octanol–water partition coefficient (Wildman–Crippen LogP) is 4.03. The SMILES string of the molecule is CCCCCC(=O)OCC1(CO)C/C(=C/CC(C(C)C)C(C)C)C(=O)O1. The summed E-state index contributed by atoms with van der Waals surface area (Å²) in [7, 11) is 0. The summed E-state index contributed by atoms with van der Waals surface area (Å²) in [6, 6.07) is 0. The summed E-state index contributed by atoms with van der Waals surface area (Å²) in [5.74, 6) is 0.814. The fourth-order valence-electron chi connectivity index (χ4n) is 3.48. The zero-order valence-corrected chi connectivity index (χ0v) is 17.0. The van der Waals surface area contributed by atoms with Crippen LogP contribution in [0.5, 0.6) is 0 Å². The van der Waals surface area contributed by atoms with Crippen LogP contribution in [0.25, 0.3) is 0 Å². The number of allylic oxidation sites excluding steroid dienone is 1. The lowest BCUT2D eigenvalue weighted by atomic mass is 9.82. The molecule has 26 heavy (non-hydrogen) atoms. The maximum atomic E-state index is 12.2. The average molecular weight is 369 g/mol. The molecule has 0 aliphatic carbocycles. The van der Waals surface area contributed by atoms with Crippen LogP contribution in [0.3, 0.4) is 0 Å². The van der Waals surface area contributed by atoms with Crippen LogP contribution in [0, 0.1) is 17.8 Å². The minimum absolute atomic E-state index is 0.0880. The zero-order valence-electron chi connectivity index (χ0n) is 17.0. The highest BCUT2D eigenvalue weighted by Crippen LogP contribution is 2.33. The monoisotopic (exact) mass is 368 g/mol. The molecule has 0 bridgehead atoms. The summed E-state index contributed by atoms with van der Waals surface area (Å²) in [5.41, 5.74) is -0.554. The van der Waals surface area contributed by atoms with Crippen LogP contribution in [-0.2, 0) is 19.1 Å². The predicted molar refractivity (Wildman–Crippen MR) is 101 cm³/mol. The summed E-state index contributed by atoms with van der Waals surface area (Å²) in [6.45, 7) is 10.4. The highest BCUT2D eigenvalue weighted by atomic mass is 16.6. The number of hydrogen-bond donors (Lipinski definition) is 1. The van der Waals surface area contributed by atoms with Crippen molar-refractivity contribution in [1.29, 1.82) is 0 Å². The topological polar surface area (TPSA) is 72.8 Å². The second kappa shape index (κ2) is 10.7. The van der Waals surface area contributed by atoms with E-state index < -0.39 is 11.6 Å². The minimum Gasteiger partial charge on any atom is -0.461 e. The maximum Gasteiger partial charge on any atom is 0.334 e. The lowest BCUT2D eigenvalue weighted by Crippen LogP contribution is -2.39. The molecule has 1 heterocycles. The quantitative estimate of drug-likeness (QED) is 0.339. The van der Waals surface area contributed by atoms with Gasteiger partial charge in [0.05, 0.1) is 6.61 Å². The van der Waals surface area contributed by atoms with Gasteiger partial charge in [-0.2, -0.15) is 0 Å². The van der Waals surface area contributed by atoms with Crippen LogP contribution in [0.15, 0.2) is 11.6 Å². The van der Waals surface area contributed by atoms with E-state index in [1.807, 2.05) is 6.08 Å². The number of carbonyl (C=O) groups is 2. The van der Waals surface area contributed by atoms with E-state index in [1.165, 1.54) is 0 Å².